The predicted molar refractivity (Wildman–Crippen MR) is 78.4 cm³/mol. The van der Waals surface area contributed by atoms with Crippen molar-refractivity contribution in [1.29, 1.82) is 0 Å². The van der Waals surface area contributed by atoms with Crippen molar-refractivity contribution < 1.29 is 9.47 Å². The van der Waals surface area contributed by atoms with Gasteiger partial charge >= 0.3 is 0 Å². The first kappa shape index (κ1) is 14.3. The summed E-state index contributed by atoms with van der Waals surface area (Å²) < 4.78 is 11.0. The normalized spacial score (nSPS) is 10.3. The van der Waals surface area contributed by atoms with Crippen molar-refractivity contribution in [2.45, 2.75) is 26.2 Å². The summed E-state index contributed by atoms with van der Waals surface area (Å²) in [6, 6.07) is 4.14. The topological polar surface area (TPSA) is 44.2 Å². The van der Waals surface area contributed by atoms with Crippen molar-refractivity contribution in [3.63, 3.8) is 0 Å². The molecule has 0 saturated heterocycles. The minimum absolute atomic E-state index is 0.764. The summed E-state index contributed by atoms with van der Waals surface area (Å²) in [5, 5.41) is 0. The van der Waals surface area contributed by atoms with E-state index in [0.717, 1.165) is 47.5 Å². The molecule has 0 spiro atoms. The average Bonchev–Trinajstić information content (AvgIpc) is 2.49. The minimum Gasteiger partial charge on any atom is -0.496 e. The van der Waals surface area contributed by atoms with E-state index in [4.69, 9.17) is 9.47 Å². The number of nitrogens with zero attached hydrogens (tertiary/aromatic N) is 2. The highest BCUT2D eigenvalue weighted by molar-refractivity contribution is 5.49. The lowest BCUT2D eigenvalue weighted by Gasteiger charge is -2.15. The molecule has 20 heavy (non-hydrogen) atoms. The number of hydrogen-bond donors (Lipinski definition) is 0. The average molecular weight is 272 g/mol. The van der Waals surface area contributed by atoms with E-state index in [1.54, 1.807) is 14.2 Å². The van der Waals surface area contributed by atoms with Crippen LogP contribution in [0.2, 0.25) is 0 Å². The largest absolute Gasteiger partial charge is 0.496 e. The highest BCUT2D eigenvalue weighted by atomic mass is 16.5. The SMILES string of the molecule is CCCc1c(OC)cc(Cc2cncnc2)cc1OC. The van der Waals surface area contributed by atoms with Crippen molar-refractivity contribution in [2.75, 3.05) is 14.2 Å². The molecule has 1 heterocycles. The van der Waals surface area contributed by atoms with Gasteiger partial charge in [0.25, 0.3) is 0 Å². The zero-order valence-electron chi connectivity index (χ0n) is 12.2. The molecule has 0 unspecified atom stereocenters. The van der Waals surface area contributed by atoms with Crippen LogP contribution in [0.5, 0.6) is 11.5 Å². The Morgan fingerprint density at radius 2 is 1.55 bits per heavy atom. The fraction of sp³-hybridized carbons (Fsp3) is 0.375. The molecule has 0 aliphatic carbocycles. The lowest BCUT2D eigenvalue weighted by atomic mass is 10.0. The summed E-state index contributed by atoms with van der Waals surface area (Å²) in [7, 11) is 3.40. The van der Waals surface area contributed by atoms with Gasteiger partial charge < -0.3 is 9.47 Å². The third-order valence-corrected chi connectivity index (χ3v) is 3.19. The Morgan fingerprint density at radius 1 is 0.950 bits per heavy atom. The Labute approximate surface area is 119 Å². The monoisotopic (exact) mass is 272 g/mol. The first-order valence-electron chi connectivity index (χ1n) is 6.76. The van der Waals surface area contributed by atoms with Crippen LogP contribution in [-0.2, 0) is 12.8 Å². The van der Waals surface area contributed by atoms with Crippen molar-refractivity contribution >= 4 is 0 Å². The maximum atomic E-state index is 5.51. The Bertz CT molecular complexity index is 531. The zero-order valence-corrected chi connectivity index (χ0v) is 12.2. The molecule has 0 bridgehead atoms. The minimum atomic E-state index is 0.764. The summed E-state index contributed by atoms with van der Waals surface area (Å²) in [6.07, 6.45) is 7.95. The second-order valence-corrected chi connectivity index (χ2v) is 4.65. The van der Waals surface area contributed by atoms with Gasteiger partial charge in [-0.05, 0) is 29.7 Å². The summed E-state index contributed by atoms with van der Waals surface area (Å²) in [5.74, 6) is 1.77. The molecular formula is C16H20N2O2. The molecule has 0 aliphatic heterocycles. The van der Waals surface area contributed by atoms with Crippen molar-refractivity contribution in [2.24, 2.45) is 0 Å². The van der Waals surface area contributed by atoms with E-state index in [0.29, 0.717) is 0 Å². The quantitative estimate of drug-likeness (QED) is 0.810. The Morgan fingerprint density at radius 3 is 2.05 bits per heavy atom. The fourth-order valence-electron chi connectivity index (χ4n) is 2.29. The van der Waals surface area contributed by atoms with Crippen LogP contribution in [0.25, 0.3) is 0 Å². The Hall–Kier alpha value is -2.10. The van der Waals surface area contributed by atoms with Crippen LogP contribution >= 0.6 is 0 Å². The molecule has 4 heteroatoms. The molecule has 0 aliphatic rings. The standard InChI is InChI=1S/C16H20N2O2/c1-4-5-14-15(19-2)7-12(8-16(14)20-3)6-13-9-17-11-18-10-13/h7-11H,4-6H2,1-3H3. The smallest absolute Gasteiger partial charge is 0.126 e. The number of benzene rings is 1. The Kier molecular flexibility index (Phi) is 4.93. The molecule has 0 saturated carbocycles. The van der Waals surface area contributed by atoms with Crippen molar-refractivity contribution in [3.05, 3.63) is 47.5 Å². The molecule has 1 aromatic heterocycles. The van der Waals surface area contributed by atoms with Gasteiger partial charge in [0.1, 0.15) is 17.8 Å². The molecule has 0 fully saturated rings. The van der Waals surface area contributed by atoms with Gasteiger partial charge in [0.05, 0.1) is 14.2 Å². The highest BCUT2D eigenvalue weighted by Gasteiger charge is 2.12. The zero-order chi connectivity index (χ0) is 14.4. The second-order valence-electron chi connectivity index (χ2n) is 4.65. The van der Waals surface area contributed by atoms with Gasteiger partial charge in [-0.25, -0.2) is 9.97 Å². The number of ether oxygens (including phenoxy) is 2. The summed E-state index contributed by atoms with van der Waals surface area (Å²) in [4.78, 5) is 8.08. The van der Waals surface area contributed by atoms with E-state index >= 15 is 0 Å². The van der Waals surface area contributed by atoms with Gasteiger partial charge in [0.2, 0.25) is 0 Å². The molecule has 0 atom stereocenters. The van der Waals surface area contributed by atoms with E-state index in [9.17, 15) is 0 Å². The van der Waals surface area contributed by atoms with Crippen molar-refractivity contribution in [1.82, 2.24) is 9.97 Å². The van der Waals surface area contributed by atoms with Gasteiger partial charge in [-0.3, -0.25) is 0 Å². The van der Waals surface area contributed by atoms with Crippen LogP contribution < -0.4 is 9.47 Å². The van der Waals surface area contributed by atoms with E-state index < -0.39 is 0 Å². The lowest BCUT2D eigenvalue weighted by Crippen LogP contribution is -2.00. The van der Waals surface area contributed by atoms with Gasteiger partial charge in [-0.15, -0.1) is 0 Å². The molecule has 2 aromatic rings. The fourth-order valence-corrected chi connectivity index (χ4v) is 2.29. The van der Waals surface area contributed by atoms with Crippen LogP contribution in [0.4, 0.5) is 0 Å². The van der Waals surface area contributed by atoms with E-state index in [1.165, 1.54) is 6.33 Å². The highest BCUT2D eigenvalue weighted by Crippen LogP contribution is 2.32. The Balaban J connectivity index is 2.35. The second kappa shape index (κ2) is 6.89. The number of methoxy groups -OCH3 is 2. The van der Waals surface area contributed by atoms with Gasteiger partial charge in [0.15, 0.2) is 0 Å². The van der Waals surface area contributed by atoms with Gasteiger partial charge in [0, 0.05) is 24.4 Å². The first-order valence-corrected chi connectivity index (χ1v) is 6.76. The van der Waals surface area contributed by atoms with E-state index in [1.807, 2.05) is 12.4 Å². The maximum Gasteiger partial charge on any atom is 0.126 e. The van der Waals surface area contributed by atoms with Gasteiger partial charge in [-0.2, -0.15) is 0 Å². The molecule has 106 valence electrons. The molecule has 4 nitrogen and oxygen atoms in total. The molecule has 0 amide bonds. The number of aromatic nitrogens is 2. The van der Waals surface area contributed by atoms with Crippen molar-refractivity contribution in [3.8, 4) is 11.5 Å². The van der Waals surface area contributed by atoms with Gasteiger partial charge in [-0.1, -0.05) is 13.3 Å². The molecular weight excluding hydrogens is 252 g/mol. The summed E-state index contributed by atoms with van der Waals surface area (Å²) in [5.41, 5.74) is 3.33. The van der Waals surface area contributed by atoms with Crippen LogP contribution in [0, 0.1) is 0 Å². The third kappa shape index (κ3) is 3.26. The third-order valence-electron chi connectivity index (χ3n) is 3.19. The first-order chi connectivity index (χ1) is 9.78. The number of hydrogen-bond acceptors (Lipinski definition) is 4. The van der Waals surface area contributed by atoms with Crippen LogP contribution in [0.1, 0.15) is 30.0 Å². The predicted octanol–water partition coefficient (Wildman–Crippen LogP) is 3.04. The molecule has 0 N–H and O–H groups in total. The molecule has 2 rings (SSSR count). The number of rotatable bonds is 6. The van der Waals surface area contributed by atoms with Crippen LogP contribution in [0.15, 0.2) is 30.9 Å². The summed E-state index contributed by atoms with van der Waals surface area (Å²) in [6.45, 7) is 2.15. The van der Waals surface area contributed by atoms with Crippen LogP contribution in [-0.4, -0.2) is 24.2 Å². The van der Waals surface area contributed by atoms with E-state index in [-0.39, 0.29) is 0 Å². The lowest BCUT2D eigenvalue weighted by molar-refractivity contribution is 0.384. The summed E-state index contributed by atoms with van der Waals surface area (Å²) >= 11 is 0. The molecule has 0 radical (unpaired) electrons. The molecule has 1 aromatic carbocycles. The van der Waals surface area contributed by atoms with E-state index in [2.05, 4.69) is 29.0 Å². The maximum absolute atomic E-state index is 5.51. The van der Waals surface area contributed by atoms with Crippen LogP contribution in [0.3, 0.4) is 0 Å².